The molecule has 0 aliphatic rings. The highest BCUT2D eigenvalue weighted by molar-refractivity contribution is 7.99. The highest BCUT2D eigenvalue weighted by atomic mass is 32.2. The van der Waals surface area contributed by atoms with E-state index in [0.717, 1.165) is 27.1 Å². The first kappa shape index (κ1) is 17.6. The summed E-state index contributed by atoms with van der Waals surface area (Å²) in [6.07, 6.45) is 0. The molecule has 0 bridgehead atoms. The topological polar surface area (TPSA) is 30.7 Å². The first-order valence-electron chi connectivity index (χ1n) is 8.95. The van der Waals surface area contributed by atoms with E-state index in [0.29, 0.717) is 0 Å². The van der Waals surface area contributed by atoms with Crippen LogP contribution in [0.15, 0.2) is 82.8 Å². The van der Waals surface area contributed by atoms with Crippen molar-refractivity contribution >= 4 is 11.8 Å². The molecule has 0 spiro atoms. The summed E-state index contributed by atoms with van der Waals surface area (Å²) < 4.78 is 1.99. The van der Waals surface area contributed by atoms with Crippen LogP contribution in [0.4, 0.5) is 0 Å². The largest absolute Gasteiger partial charge is 0.214 e. The summed E-state index contributed by atoms with van der Waals surface area (Å²) >= 11 is 1.58. The second kappa shape index (κ2) is 7.41. The zero-order valence-corrected chi connectivity index (χ0v) is 16.5. The lowest BCUT2D eigenvalue weighted by Crippen LogP contribution is -2.05. The van der Waals surface area contributed by atoms with Crippen LogP contribution < -0.4 is 0 Å². The molecule has 1 aromatic heterocycles. The summed E-state index contributed by atoms with van der Waals surface area (Å²) in [5, 5.41) is 5.62. The molecule has 0 saturated carbocycles. The lowest BCUT2D eigenvalue weighted by atomic mass is 10.0. The lowest BCUT2D eigenvalue weighted by molar-refractivity contribution is 0.827. The van der Waals surface area contributed by atoms with E-state index < -0.39 is 0 Å². The molecule has 0 aliphatic heterocycles. The van der Waals surface area contributed by atoms with E-state index in [1.54, 1.807) is 11.8 Å². The highest BCUT2D eigenvalue weighted by Gasteiger charge is 2.17. The predicted molar refractivity (Wildman–Crippen MR) is 112 cm³/mol. The van der Waals surface area contributed by atoms with E-state index in [9.17, 15) is 0 Å². The molecule has 0 unspecified atom stereocenters. The Kier molecular flexibility index (Phi) is 4.82. The van der Waals surface area contributed by atoms with Crippen LogP contribution in [-0.2, 0) is 0 Å². The maximum atomic E-state index is 4.87. The maximum absolute atomic E-state index is 4.87. The van der Waals surface area contributed by atoms with Crippen LogP contribution >= 0.6 is 11.8 Å². The van der Waals surface area contributed by atoms with Gasteiger partial charge in [0.15, 0.2) is 5.82 Å². The van der Waals surface area contributed by atoms with Crippen molar-refractivity contribution in [3.05, 3.63) is 89.5 Å². The van der Waals surface area contributed by atoms with E-state index in [4.69, 9.17) is 10.1 Å². The third kappa shape index (κ3) is 3.67. The molecule has 134 valence electrons. The summed E-state index contributed by atoms with van der Waals surface area (Å²) in [6.45, 7) is 6.39. The standard InChI is InChI=1S/C23H21N3S/c1-16-14-17(2)21(18(3)15-16)26-22(19-10-6-4-7-11-19)24-23(25-26)27-20-12-8-5-9-13-20/h4-15H,1-3H3. The van der Waals surface area contributed by atoms with Gasteiger partial charge in [0, 0.05) is 10.5 Å². The van der Waals surface area contributed by atoms with Crippen LogP contribution in [0, 0.1) is 20.8 Å². The summed E-state index contributed by atoms with van der Waals surface area (Å²) in [4.78, 5) is 6.00. The molecule has 27 heavy (non-hydrogen) atoms. The Bertz CT molecular complexity index is 1050. The summed E-state index contributed by atoms with van der Waals surface area (Å²) in [5.74, 6) is 0.865. The summed E-state index contributed by atoms with van der Waals surface area (Å²) in [6, 6.07) is 24.9. The molecule has 3 aromatic carbocycles. The van der Waals surface area contributed by atoms with Crippen LogP contribution in [0.5, 0.6) is 0 Å². The zero-order valence-electron chi connectivity index (χ0n) is 15.7. The van der Waals surface area contributed by atoms with Crippen LogP contribution in [-0.4, -0.2) is 14.8 Å². The molecule has 0 radical (unpaired) electrons. The van der Waals surface area contributed by atoms with Crippen LogP contribution in [0.1, 0.15) is 16.7 Å². The molecule has 0 saturated heterocycles. The average Bonchev–Trinajstić information content (AvgIpc) is 3.06. The Labute approximate surface area is 164 Å². The van der Waals surface area contributed by atoms with Crippen molar-refractivity contribution < 1.29 is 0 Å². The fourth-order valence-corrected chi connectivity index (χ4v) is 4.13. The molecule has 0 aliphatic carbocycles. The van der Waals surface area contributed by atoms with Gasteiger partial charge in [-0.2, -0.15) is 0 Å². The van der Waals surface area contributed by atoms with Crippen molar-refractivity contribution in [2.24, 2.45) is 0 Å². The second-order valence-corrected chi connectivity index (χ2v) is 7.70. The second-order valence-electron chi connectivity index (χ2n) is 6.66. The molecular formula is C23H21N3S. The molecule has 4 aromatic rings. The predicted octanol–water partition coefficient (Wildman–Crippen LogP) is 6.01. The van der Waals surface area contributed by atoms with Crippen LogP contribution in [0.25, 0.3) is 17.1 Å². The third-order valence-corrected chi connectivity index (χ3v) is 5.28. The van der Waals surface area contributed by atoms with E-state index in [1.165, 1.54) is 16.7 Å². The minimum Gasteiger partial charge on any atom is -0.212 e. The van der Waals surface area contributed by atoms with Crippen molar-refractivity contribution in [3.63, 3.8) is 0 Å². The Hall–Kier alpha value is -2.85. The van der Waals surface area contributed by atoms with Crippen LogP contribution in [0.2, 0.25) is 0 Å². The molecule has 4 heteroatoms. The van der Waals surface area contributed by atoms with Gasteiger partial charge in [-0.1, -0.05) is 66.2 Å². The van der Waals surface area contributed by atoms with Gasteiger partial charge in [-0.3, -0.25) is 0 Å². The molecule has 0 fully saturated rings. The fourth-order valence-electron chi connectivity index (χ4n) is 3.37. The number of hydrogen-bond donors (Lipinski definition) is 0. The third-order valence-electron chi connectivity index (χ3n) is 4.42. The number of aromatic nitrogens is 3. The van der Waals surface area contributed by atoms with E-state index >= 15 is 0 Å². The zero-order chi connectivity index (χ0) is 18.8. The average molecular weight is 372 g/mol. The number of nitrogens with zero attached hydrogens (tertiary/aromatic N) is 3. The SMILES string of the molecule is Cc1cc(C)c(-n2nc(Sc3ccccc3)nc2-c2ccccc2)c(C)c1. The smallest absolute Gasteiger partial charge is 0.212 e. The minimum atomic E-state index is 0.749. The number of rotatable bonds is 4. The fraction of sp³-hybridized carbons (Fsp3) is 0.130. The van der Waals surface area contributed by atoms with Crippen molar-refractivity contribution in [3.8, 4) is 17.1 Å². The van der Waals surface area contributed by atoms with Gasteiger partial charge >= 0.3 is 0 Å². The Morgan fingerprint density at radius 2 is 1.37 bits per heavy atom. The Morgan fingerprint density at radius 3 is 2.00 bits per heavy atom. The van der Waals surface area contributed by atoms with Gasteiger partial charge < -0.3 is 0 Å². The van der Waals surface area contributed by atoms with Gasteiger partial charge in [-0.25, -0.2) is 9.67 Å². The number of aryl methyl sites for hydroxylation is 3. The Balaban J connectivity index is 1.87. The van der Waals surface area contributed by atoms with E-state index in [2.05, 4.69) is 57.2 Å². The van der Waals surface area contributed by atoms with Crippen LogP contribution in [0.3, 0.4) is 0 Å². The summed E-state index contributed by atoms with van der Waals surface area (Å²) in [5.41, 5.74) is 5.82. The number of hydrogen-bond acceptors (Lipinski definition) is 3. The minimum absolute atomic E-state index is 0.749. The van der Waals surface area contributed by atoms with Crippen molar-refractivity contribution in [1.82, 2.24) is 14.8 Å². The molecule has 4 rings (SSSR count). The van der Waals surface area contributed by atoms with Crippen molar-refractivity contribution in [2.45, 2.75) is 30.8 Å². The first-order valence-corrected chi connectivity index (χ1v) is 9.77. The van der Waals surface area contributed by atoms with E-state index in [-0.39, 0.29) is 0 Å². The van der Waals surface area contributed by atoms with Crippen molar-refractivity contribution in [2.75, 3.05) is 0 Å². The maximum Gasteiger partial charge on any atom is 0.214 e. The molecule has 0 N–H and O–H groups in total. The van der Waals surface area contributed by atoms with Gasteiger partial charge in [0.25, 0.3) is 0 Å². The quantitative estimate of drug-likeness (QED) is 0.440. The molecule has 0 atom stereocenters. The number of benzene rings is 3. The van der Waals surface area contributed by atoms with E-state index in [1.807, 2.05) is 41.1 Å². The van der Waals surface area contributed by atoms with Crippen molar-refractivity contribution in [1.29, 1.82) is 0 Å². The molecule has 3 nitrogen and oxygen atoms in total. The van der Waals surface area contributed by atoms with Gasteiger partial charge in [0.2, 0.25) is 5.16 Å². The molecule has 0 amide bonds. The van der Waals surface area contributed by atoms with Gasteiger partial charge in [0.05, 0.1) is 5.69 Å². The van der Waals surface area contributed by atoms with Gasteiger partial charge in [-0.05, 0) is 55.8 Å². The first-order chi connectivity index (χ1) is 13.1. The highest BCUT2D eigenvalue weighted by Crippen LogP contribution is 2.31. The molecular weight excluding hydrogens is 350 g/mol. The monoisotopic (exact) mass is 371 g/mol. The molecule has 1 heterocycles. The lowest BCUT2D eigenvalue weighted by Gasteiger charge is -2.13. The Morgan fingerprint density at radius 1 is 0.778 bits per heavy atom. The van der Waals surface area contributed by atoms with Gasteiger partial charge in [0.1, 0.15) is 0 Å². The summed E-state index contributed by atoms with van der Waals surface area (Å²) in [7, 11) is 0. The van der Waals surface area contributed by atoms with Gasteiger partial charge in [-0.15, -0.1) is 5.10 Å². The normalized spacial score (nSPS) is 10.9.